The molecule has 3 rings (SSSR count). The molecule has 1 aliphatic heterocycles. The number of hydrogen-bond acceptors (Lipinski definition) is 4. The van der Waals surface area contributed by atoms with Crippen LogP contribution in [-0.4, -0.2) is 26.7 Å². The smallest absolute Gasteiger partial charge is 0.180 e. The first-order valence-corrected chi connectivity index (χ1v) is 9.69. The van der Waals surface area contributed by atoms with Gasteiger partial charge in [0.25, 0.3) is 0 Å². The van der Waals surface area contributed by atoms with E-state index in [1.165, 1.54) is 18.9 Å². The van der Waals surface area contributed by atoms with E-state index in [2.05, 4.69) is 10.6 Å². The molecule has 0 unspecified atom stereocenters. The van der Waals surface area contributed by atoms with E-state index in [9.17, 15) is 4.39 Å². The van der Waals surface area contributed by atoms with Crippen LogP contribution in [0.5, 0.6) is 11.5 Å². The lowest BCUT2D eigenvalue weighted by atomic mass is 9.98. The Morgan fingerprint density at radius 3 is 2.74 bits per heavy atom. The fourth-order valence-corrected chi connectivity index (χ4v) is 3.58. The van der Waals surface area contributed by atoms with Gasteiger partial charge in [-0.2, -0.15) is 0 Å². The third kappa shape index (κ3) is 5.58. The molecule has 6 heteroatoms. The van der Waals surface area contributed by atoms with Crippen LogP contribution >= 0.6 is 11.6 Å². The molecule has 0 spiro atoms. The molecule has 2 N–H and O–H groups in total. The van der Waals surface area contributed by atoms with Crippen molar-refractivity contribution in [2.45, 2.75) is 26.0 Å². The van der Waals surface area contributed by atoms with E-state index in [-0.39, 0.29) is 12.4 Å². The molecule has 2 aromatic carbocycles. The van der Waals surface area contributed by atoms with Gasteiger partial charge in [-0.25, -0.2) is 4.39 Å². The van der Waals surface area contributed by atoms with Crippen molar-refractivity contribution in [2.75, 3.05) is 26.7 Å². The number of hydrogen-bond donors (Lipinski definition) is 2. The van der Waals surface area contributed by atoms with Crippen LogP contribution in [0.1, 0.15) is 24.0 Å². The molecule has 0 aliphatic carbocycles. The highest BCUT2D eigenvalue weighted by molar-refractivity contribution is 6.32. The summed E-state index contributed by atoms with van der Waals surface area (Å²) in [7, 11) is 1.58. The number of rotatable bonds is 8. The van der Waals surface area contributed by atoms with Crippen LogP contribution in [0.15, 0.2) is 36.4 Å². The molecule has 1 fully saturated rings. The van der Waals surface area contributed by atoms with Crippen LogP contribution in [0.25, 0.3) is 0 Å². The van der Waals surface area contributed by atoms with Gasteiger partial charge < -0.3 is 20.1 Å². The molecule has 0 amide bonds. The van der Waals surface area contributed by atoms with Crippen LogP contribution in [0.2, 0.25) is 5.02 Å². The second kappa shape index (κ2) is 9.93. The molecular weight excluding hydrogens is 367 g/mol. The van der Waals surface area contributed by atoms with E-state index >= 15 is 0 Å². The summed E-state index contributed by atoms with van der Waals surface area (Å²) in [5.74, 6) is 1.40. The number of ether oxygens (including phenoxy) is 2. The Morgan fingerprint density at radius 1 is 1.22 bits per heavy atom. The lowest BCUT2D eigenvalue weighted by molar-refractivity contribution is 0.279. The summed E-state index contributed by atoms with van der Waals surface area (Å²) in [6.07, 6.45) is 2.42. The first-order chi connectivity index (χ1) is 13.2. The van der Waals surface area contributed by atoms with Crippen molar-refractivity contribution in [1.29, 1.82) is 0 Å². The molecule has 1 saturated heterocycles. The third-order valence-corrected chi connectivity index (χ3v) is 5.12. The molecule has 146 valence electrons. The van der Waals surface area contributed by atoms with Crippen molar-refractivity contribution in [2.24, 2.45) is 5.92 Å². The minimum absolute atomic E-state index is 0.0933. The van der Waals surface area contributed by atoms with Gasteiger partial charge in [-0.1, -0.05) is 29.8 Å². The van der Waals surface area contributed by atoms with Gasteiger partial charge >= 0.3 is 0 Å². The highest BCUT2D eigenvalue weighted by Gasteiger charge is 2.15. The van der Waals surface area contributed by atoms with E-state index in [1.54, 1.807) is 25.3 Å². The van der Waals surface area contributed by atoms with E-state index in [0.717, 1.165) is 25.2 Å². The average molecular weight is 393 g/mol. The molecule has 0 saturated carbocycles. The van der Waals surface area contributed by atoms with Gasteiger partial charge in [-0.05, 0) is 62.2 Å². The van der Waals surface area contributed by atoms with Gasteiger partial charge in [0.05, 0.1) is 12.1 Å². The summed E-state index contributed by atoms with van der Waals surface area (Å²) < 4.78 is 25.0. The molecule has 0 atom stereocenters. The standard InChI is InChI=1S/C21H26ClFN2O2/c1-26-20-11-16(13-25-12-15-6-8-24-9-7-15)10-18(22)21(20)27-14-17-4-2-3-5-19(17)23/h2-5,10-11,15,24-25H,6-9,12-14H2,1H3. The SMILES string of the molecule is COc1cc(CNCC2CCNCC2)cc(Cl)c1OCc1ccccc1F. The maximum Gasteiger partial charge on any atom is 0.180 e. The normalized spacial score (nSPS) is 14.9. The molecule has 0 aromatic heterocycles. The topological polar surface area (TPSA) is 42.5 Å². The molecular formula is C21H26ClFN2O2. The summed E-state index contributed by atoms with van der Waals surface area (Å²) in [5.41, 5.74) is 1.51. The maximum atomic E-state index is 13.8. The quantitative estimate of drug-likeness (QED) is 0.708. The van der Waals surface area contributed by atoms with Crippen LogP contribution in [0.3, 0.4) is 0 Å². The highest BCUT2D eigenvalue weighted by Crippen LogP contribution is 2.37. The first kappa shape index (κ1) is 19.9. The molecule has 0 radical (unpaired) electrons. The number of piperidine rings is 1. The molecule has 4 nitrogen and oxygen atoms in total. The fourth-order valence-electron chi connectivity index (χ4n) is 3.29. The summed E-state index contributed by atoms with van der Waals surface area (Å²) >= 11 is 6.41. The minimum atomic E-state index is -0.300. The Hall–Kier alpha value is -1.82. The zero-order valence-corrected chi connectivity index (χ0v) is 16.3. The van der Waals surface area contributed by atoms with Gasteiger partial charge in [-0.3, -0.25) is 0 Å². The molecule has 27 heavy (non-hydrogen) atoms. The molecule has 1 aliphatic rings. The highest BCUT2D eigenvalue weighted by atomic mass is 35.5. The van der Waals surface area contributed by atoms with Crippen molar-refractivity contribution >= 4 is 11.6 Å². The summed E-state index contributed by atoms with van der Waals surface area (Å²) in [6.45, 7) is 4.00. The van der Waals surface area contributed by atoms with Crippen molar-refractivity contribution < 1.29 is 13.9 Å². The predicted octanol–water partition coefficient (Wildman–Crippen LogP) is 4.16. The van der Waals surface area contributed by atoms with E-state index in [1.807, 2.05) is 12.1 Å². The van der Waals surface area contributed by atoms with Gasteiger partial charge in [-0.15, -0.1) is 0 Å². The zero-order valence-electron chi connectivity index (χ0n) is 15.6. The molecule has 1 heterocycles. The van der Waals surface area contributed by atoms with Crippen LogP contribution in [0, 0.1) is 11.7 Å². The monoisotopic (exact) mass is 392 g/mol. The van der Waals surface area contributed by atoms with Crippen molar-refractivity contribution in [3.05, 3.63) is 58.4 Å². The Labute approximate surface area is 165 Å². The van der Waals surface area contributed by atoms with E-state index < -0.39 is 0 Å². The number of halogens is 2. The van der Waals surface area contributed by atoms with Gasteiger partial charge in [0.15, 0.2) is 11.5 Å². The zero-order chi connectivity index (χ0) is 19.1. The lowest BCUT2D eigenvalue weighted by Gasteiger charge is -2.23. The summed E-state index contributed by atoms with van der Waals surface area (Å²) in [6, 6.07) is 10.3. The Balaban J connectivity index is 1.61. The Kier molecular flexibility index (Phi) is 7.33. The predicted molar refractivity (Wildman–Crippen MR) is 106 cm³/mol. The second-order valence-corrected chi connectivity index (χ2v) is 7.22. The minimum Gasteiger partial charge on any atom is -0.493 e. The van der Waals surface area contributed by atoms with Crippen molar-refractivity contribution in [1.82, 2.24) is 10.6 Å². The van der Waals surface area contributed by atoms with Crippen LogP contribution < -0.4 is 20.1 Å². The Morgan fingerprint density at radius 2 is 2.00 bits per heavy atom. The Bertz CT molecular complexity index is 751. The molecule has 0 bridgehead atoms. The van der Waals surface area contributed by atoms with Gasteiger partial charge in [0.1, 0.15) is 12.4 Å². The number of benzene rings is 2. The summed E-state index contributed by atoms with van der Waals surface area (Å²) in [5, 5.41) is 7.34. The number of nitrogens with one attached hydrogen (secondary N) is 2. The third-order valence-electron chi connectivity index (χ3n) is 4.84. The van der Waals surface area contributed by atoms with E-state index in [0.29, 0.717) is 34.5 Å². The first-order valence-electron chi connectivity index (χ1n) is 9.31. The van der Waals surface area contributed by atoms with Crippen LogP contribution in [-0.2, 0) is 13.2 Å². The summed E-state index contributed by atoms with van der Waals surface area (Å²) in [4.78, 5) is 0. The second-order valence-electron chi connectivity index (χ2n) is 6.81. The van der Waals surface area contributed by atoms with Crippen molar-refractivity contribution in [3.63, 3.8) is 0 Å². The maximum absolute atomic E-state index is 13.8. The van der Waals surface area contributed by atoms with Crippen LogP contribution in [0.4, 0.5) is 4.39 Å². The van der Waals surface area contributed by atoms with Gasteiger partial charge in [0, 0.05) is 12.1 Å². The fraction of sp³-hybridized carbons (Fsp3) is 0.429. The lowest BCUT2D eigenvalue weighted by Crippen LogP contribution is -2.33. The molecule has 2 aromatic rings. The van der Waals surface area contributed by atoms with Gasteiger partial charge in [0.2, 0.25) is 0 Å². The number of methoxy groups -OCH3 is 1. The van der Waals surface area contributed by atoms with E-state index in [4.69, 9.17) is 21.1 Å². The average Bonchev–Trinajstić information content (AvgIpc) is 2.69. The largest absolute Gasteiger partial charge is 0.493 e. The van der Waals surface area contributed by atoms with Crippen molar-refractivity contribution in [3.8, 4) is 11.5 Å².